The van der Waals surface area contributed by atoms with E-state index < -0.39 is 5.91 Å². The minimum absolute atomic E-state index is 0.0499. The smallest absolute Gasteiger partial charge is 0.268 e. The van der Waals surface area contributed by atoms with Crippen LogP contribution in [0.5, 0.6) is 5.75 Å². The van der Waals surface area contributed by atoms with E-state index in [2.05, 4.69) is 10.3 Å². The maximum Gasteiger partial charge on any atom is 0.268 e. The van der Waals surface area contributed by atoms with Crippen molar-refractivity contribution in [3.05, 3.63) is 46.0 Å². The summed E-state index contributed by atoms with van der Waals surface area (Å²) in [6.45, 7) is 3.77. The van der Waals surface area contributed by atoms with Crippen LogP contribution in [0.4, 0.5) is 5.13 Å². The summed E-state index contributed by atoms with van der Waals surface area (Å²) < 4.78 is 0. The van der Waals surface area contributed by atoms with Crippen LogP contribution in [-0.4, -0.2) is 16.0 Å². The molecule has 1 amide bonds. The second-order valence-electron chi connectivity index (χ2n) is 4.38. The topological polar surface area (TPSA) is 86.0 Å². The van der Waals surface area contributed by atoms with E-state index in [9.17, 15) is 9.90 Å². The van der Waals surface area contributed by atoms with Gasteiger partial charge in [-0.25, -0.2) is 4.98 Å². The van der Waals surface area contributed by atoms with E-state index in [-0.39, 0.29) is 11.3 Å². The molecule has 0 bridgehead atoms. The number of hydrogen-bond acceptors (Lipinski definition) is 5. The number of carbonyl (C=O) groups excluding carboxylic acids is 1. The SMILES string of the molecule is Cc1nc(NC(=O)/C(C#N)=C/c2cccc(O)c2)sc1C. The number of benzene rings is 1. The maximum atomic E-state index is 12.1. The number of nitrogens with zero attached hydrogens (tertiary/aromatic N) is 2. The number of thiazole rings is 1. The first kappa shape index (κ1) is 14.8. The Morgan fingerprint density at radius 1 is 1.48 bits per heavy atom. The third-order valence-electron chi connectivity index (χ3n) is 2.80. The Kier molecular flexibility index (Phi) is 4.36. The van der Waals surface area contributed by atoms with Crippen molar-refractivity contribution in [2.75, 3.05) is 5.32 Å². The number of aryl methyl sites for hydroxylation is 2. The molecule has 0 atom stereocenters. The van der Waals surface area contributed by atoms with Crippen molar-refractivity contribution >= 4 is 28.5 Å². The number of aromatic nitrogens is 1. The molecule has 0 unspecified atom stereocenters. The van der Waals surface area contributed by atoms with Gasteiger partial charge >= 0.3 is 0 Å². The zero-order valence-corrected chi connectivity index (χ0v) is 12.4. The lowest BCUT2D eigenvalue weighted by molar-refractivity contribution is -0.112. The molecule has 2 N–H and O–H groups in total. The number of aromatic hydroxyl groups is 1. The molecule has 2 aromatic rings. The van der Waals surface area contributed by atoms with Gasteiger partial charge in [-0.2, -0.15) is 5.26 Å². The van der Waals surface area contributed by atoms with Crippen molar-refractivity contribution < 1.29 is 9.90 Å². The second kappa shape index (κ2) is 6.20. The third kappa shape index (κ3) is 3.68. The molecule has 0 saturated heterocycles. The van der Waals surface area contributed by atoms with Gasteiger partial charge in [0.15, 0.2) is 5.13 Å². The van der Waals surface area contributed by atoms with Gasteiger partial charge < -0.3 is 5.11 Å². The molecule has 0 spiro atoms. The number of nitrogens with one attached hydrogen (secondary N) is 1. The lowest BCUT2D eigenvalue weighted by Gasteiger charge is -2.00. The van der Waals surface area contributed by atoms with Gasteiger partial charge in [-0.1, -0.05) is 12.1 Å². The lowest BCUT2D eigenvalue weighted by Crippen LogP contribution is -2.13. The quantitative estimate of drug-likeness (QED) is 0.674. The molecular weight excluding hydrogens is 286 g/mol. The number of carbonyl (C=O) groups is 1. The Hall–Kier alpha value is -2.65. The van der Waals surface area contributed by atoms with Crippen LogP contribution in [-0.2, 0) is 4.79 Å². The fourth-order valence-electron chi connectivity index (χ4n) is 1.62. The summed E-state index contributed by atoms with van der Waals surface area (Å²) in [6.07, 6.45) is 1.42. The maximum absolute atomic E-state index is 12.1. The van der Waals surface area contributed by atoms with Gasteiger partial charge in [0.2, 0.25) is 0 Å². The summed E-state index contributed by atoms with van der Waals surface area (Å²) in [5, 5.41) is 21.6. The van der Waals surface area contributed by atoms with Crippen LogP contribution in [0.3, 0.4) is 0 Å². The number of amides is 1. The fraction of sp³-hybridized carbons (Fsp3) is 0.133. The van der Waals surface area contributed by atoms with Crippen LogP contribution in [0.25, 0.3) is 6.08 Å². The minimum Gasteiger partial charge on any atom is -0.508 e. The fourth-order valence-corrected chi connectivity index (χ4v) is 2.43. The van der Waals surface area contributed by atoms with Gasteiger partial charge in [-0.15, -0.1) is 11.3 Å². The molecule has 1 aromatic heterocycles. The molecule has 106 valence electrons. The van der Waals surface area contributed by atoms with Crippen molar-refractivity contribution in [2.45, 2.75) is 13.8 Å². The molecule has 2 rings (SSSR count). The van der Waals surface area contributed by atoms with Gasteiger partial charge in [0.1, 0.15) is 17.4 Å². The molecule has 0 fully saturated rings. The highest BCUT2D eigenvalue weighted by Gasteiger charge is 2.12. The average molecular weight is 299 g/mol. The van der Waals surface area contributed by atoms with E-state index in [0.29, 0.717) is 10.7 Å². The number of phenolic OH excluding ortho intramolecular Hbond substituents is 1. The zero-order chi connectivity index (χ0) is 15.4. The molecule has 21 heavy (non-hydrogen) atoms. The van der Waals surface area contributed by atoms with Gasteiger partial charge in [-0.05, 0) is 37.6 Å². The zero-order valence-electron chi connectivity index (χ0n) is 11.5. The summed E-state index contributed by atoms with van der Waals surface area (Å²) in [5.74, 6) is -0.442. The van der Waals surface area contributed by atoms with Crippen molar-refractivity contribution in [2.24, 2.45) is 0 Å². The van der Waals surface area contributed by atoms with Crippen LogP contribution in [0, 0.1) is 25.2 Å². The Morgan fingerprint density at radius 2 is 2.24 bits per heavy atom. The van der Waals surface area contributed by atoms with E-state index in [1.54, 1.807) is 12.1 Å². The van der Waals surface area contributed by atoms with Gasteiger partial charge in [-0.3, -0.25) is 10.1 Å². The van der Waals surface area contributed by atoms with Crippen molar-refractivity contribution in [3.63, 3.8) is 0 Å². The minimum atomic E-state index is -0.519. The first-order valence-corrected chi connectivity index (χ1v) is 6.97. The van der Waals surface area contributed by atoms with E-state index in [4.69, 9.17) is 5.26 Å². The monoisotopic (exact) mass is 299 g/mol. The summed E-state index contributed by atoms with van der Waals surface area (Å²) in [7, 11) is 0. The van der Waals surface area contributed by atoms with Gasteiger partial charge in [0.05, 0.1) is 5.69 Å². The van der Waals surface area contributed by atoms with Crippen LogP contribution < -0.4 is 5.32 Å². The molecule has 0 aliphatic rings. The van der Waals surface area contributed by atoms with E-state index in [0.717, 1.165) is 10.6 Å². The van der Waals surface area contributed by atoms with Crippen LogP contribution in [0.2, 0.25) is 0 Å². The molecule has 1 heterocycles. The molecule has 0 radical (unpaired) electrons. The number of rotatable bonds is 3. The molecular formula is C15H13N3O2S. The number of anilines is 1. The highest BCUT2D eigenvalue weighted by Crippen LogP contribution is 2.22. The Labute approximate surface area is 126 Å². The normalized spacial score (nSPS) is 11.0. The predicted molar refractivity (Wildman–Crippen MR) is 81.9 cm³/mol. The number of hydrogen-bond donors (Lipinski definition) is 2. The highest BCUT2D eigenvalue weighted by molar-refractivity contribution is 7.15. The first-order chi connectivity index (χ1) is 9.99. The summed E-state index contributed by atoms with van der Waals surface area (Å²) in [4.78, 5) is 17.3. The first-order valence-electron chi connectivity index (χ1n) is 6.16. The van der Waals surface area contributed by atoms with E-state index in [1.807, 2.05) is 19.9 Å². The number of phenols is 1. The Morgan fingerprint density at radius 3 is 2.81 bits per heavy atom. The van der Waals surface area contributed by atoms with Gasteiger partial charge in [0, 0.05) is 4.88 Å². The molecule has 0 aliphatic carbocycles. The van der Waals surface area contributed by atoms with Crippen LogP contribution in [0.15, 0.2) is 29.8 Å². The summed E-state index contributed by atoms with van der Waals surface area (Å²) in [5.41, 5.74) is 1.38. The van der Waals surface area contributed by atoms with Crippen LogP contribution in [0.1, 0.15) is 16.1 Å². The lowest BCUT2D eigenvalue weighted by atomic mass is 10.1. The number of nitriles is 1. The average Bonchev–Trinajstić information content (AvgIpc) is 2.74. The van der Waals surface area contributed by atoms with Crippen molar-refractivity contribution in [1.29, 1.82) is 5.26 Å². The highest BCUT2D eigenvalue weighted by atomic mass is 32.1. The molecule has 0 saturated carbocycles. The van der Waals surface area contributed by atoms with Gasteiger partial charge in [0.25, 0.3) is 5.91 Å². The van der Waals surface area contributed by atoms with Crippen molar-refractivity contribution in [3.8, 4) is 11.8 Å². The standard InChI is InChI=1S/C15H13N3O2S/c1-9-10(2)21-15(17-9)18-14(20)12(8-16)6-11-4-3-5-13(19)7-11/h3-7,19H,1-2H3,(H,17,18,20)/b12-6+. The Balaban J connectivity index is 2.21. The summed E-state index contributed by atoms with van der Waals surface area (Å²) in [6, 6.07) is 8.19. The van der Waals surface area contributed by atoms with Crippen LogP contribution >= 0.6 is 11.3 Å². The Bertz CT molecular complexity index is 737. The largest absolute Gasteiger partial charge is 0.508 e. The molecule has 5 nitrogen and oxygen atoms in total. The molecule has 1 aromatic carbocycles. The second-order valence-corrected chi connectivity index (χ2v) is 5.58. The third-order valence-corrected chi connectivity index (χ3v) is 3.78. The van der Waals surface area contributed by atoms with Crippen molar-refractivity contribution in [1.82, 2.24) is 4.98 Å². The van der Waals surface area contributed by atoms with E-state index in [1.165, 1.54) is 29.5 Å². The molecule has 6 heteroatoms. The summed E-state index contributed by atoms with van der Waals surface area (Å²) >= 11 is 1.36. The van der Waals surface area contributed by atoms with E-state index >= 15 is 0 Å². The molecule has 0 aliphatic heterocycles. The predicted octanol–water partition coefficient (Wildman–Crippen LogP) is 3.01.